The van der Waals surface area contributed by atoms with Gasteiger partial charge in [0.2, 0.25) is 0 Å². The highest BCUT2D eigenvalue weighted by Gasteiger charge is 2.41. The van der Waals surface area contributed by atoms with Crippen molar-refractivity contribution in [3.8, 4) is 0 Å². The summed E-state index contributed by atoms with van der Waals surface area (Å²) in [6, 6.07) is 10.3. The molecule has 1 saturated heterocycles. The Morgan fingerprint density at radius 1 is 1.16 bits per heavy atom. The fourth-order valence-electron chi connectivity index (χ4n) is 3.19. The van der Waals surface area contributed by atoms with Crippen LogP contribution < -0.4 is 0 Å². The van der Waals surface area contributed by atoms with Gasteiger partial charge in [-0.05, 0) is 30.7 Å². The van der Waals surface area contributed by atoms with Crippen LogP contribution in [0.3, 0.4) is 0 Å². The first-order valence-electron chi connectivity index (χ1n) is 7.48. The fraction of sp³-hybridized carbons (Fsp3) is 0.588. The van der Waals surface area contributed by atoms with Crippen LogP contribution in [0.4, 0.5) is 0 Å². The van der Waals surface area contributed by atoms with Gasteiger partial charge >= 0.3 is 0 Å². The van der Waals surface area contributed by atoms with Crippen molar-refractivity contribution >= 4 is 5.78 Å². The van der Waals surface area contributed by atoms with E-state index in [0.717, 1.165) is 31.6 Å². The topological polar surface area (TPSA) is 26.3 Å². The van der Waals surface area contributed by atoms with Crippen molar-refractivity contribution in [2.24, 2.45) is 5.92 Å². The monoisotopic (exact) mass is 258 g/mol. The molecule has 2 fully saturated rings. The van der Waals surface area contributed by atoms with Crippen LogP contribution in [0.25, 0.3) is 0 Å². The third-order valence-corrected chi connectivity index (χ3v) is 4.68. The van der Waals surface area contributed by atoms with Gasteiger partial charge in [0, 0.05) is 19.6 Å². The molecule has 1 aliphatic heterocycles. The molecule has 2 heteroatoms. The van der Waals surface area contributed by atoms with Crippen molar-refractivity contribution in [1.82, 2.24) is 0 Å². The summed E-state index contributed by atoms with van der Waals surface area (Å²) in [5, 5.41) is 0. The maximum Gasteiger partial charge on any atom is 0.143 e. The molecule has 1 aromatic carbocycles. The molecule has 19 heavy (non-hydrogen) atoms. The molecule has 1 saturated carbocycles. The van der Waals surface area contributed by atoms with E-state index in [2.05, 4.69) is 12.1 Å². The summed E-state index contributed by atoms with van der Waals surface area (Å²) >= 11 is 0. The van der Waals surface area contributed by atoms with Gasteiger partial charge in [-0.15, -0.1) is 0 Å². The van der Waals surface area contributed by atoms with Gasteiger partial charge in [-0.25, -0.2) is 0 Å². The molecule has 2 aliphatic rings. The fourth-order valence-corrected chi connectivity index (χ4v) is 3.19. The van der Waals surface area contributed by atoms with E-state index in [4.69, 9.17) is 4.74 Å². The van der Waals surface area contributed by atoms with Gasteiger partial charge < -0.3 is 4.74 Å². The molecule has 0 radical (unpaired) electrons. The van der Waals surface area contributed by atoms with Crippen LogP contribution >= 0.6 is 0 Å². The maximum atomic E-state index is 12.8. The molecule has 1 heterocycles. The number of ketones is 1. The lowest BCUT2D eigenvalue weighted by atomic mass is 9.70. The molecule has 2 nitrogen and oxygen atoms in total. The van der Waals surface area contributed by atoms with Gasteiger partial charge in [0.05, 0.1) is 5.41 Å². The lowest BCUT2D eigenvalue weighted by Crippen LogP contribution is -2.41. The van der Waals surface area contributed by atoms with Gasteiger partial charge in [-0.2, -0.15) is 0 Å². The van der Waals surface area contributed by atoms with Gasteiger partial charge in [0.1, 0.15) is 5.78 Å². The molecule has 0 aromatic heterocycles. The van der Waals surface area contributed by atoms with E-state index in [1.807, 2.05) is 18.2 Å². The van der Waals surface area contributed by atoms with Gasteiger partial charge in [0.15, 0.2) is 0 Å². The molecule has 0 atom stereocenters. The normalized spacial score (nSPS) is 22.1. The number of ether oxygens (including phenoxy) is 1. The Labute approximate surface area is 115 Å². The SMILES string of the molecule is O=C(CCC1CC1)C1(c2ccccc2)CCOCC1. The minimum Gasteiger partial charge on any atom is -0.381 e. The molecule has 1 aromatic rings. The summed E-state index contributed by atoms with van der Waals surface area (Å²) in [5.41, 5.74) is 0.924. The van der Waals surface area contributed by atoms with Crippen LogP contribution in [-0.2, 0) is 14.9 Å². The standard InChI is InChI=1S/C17H22O2/c18-16(9-8-14-6-7-14)17(10-12-19-13-11-17)15-4-2-1-3-5-15/h1-5,14H,6-13H2. The number of carbonyl (C=O) groups is 1. The first-order chi connectivity index (χ1) is 9.31. The average molecular weight is 258 g/mol. The average Bonchev–Trinajstić information content (AvgIpc) is 3.30. The molecular weight excluding hydrogens is 236 g/mol. The summed E-state index contributed by atoms with van der Waals surface area (Å²) in [4.78, 5) is 12.8. The largest absolute Gasteiger partial charge is 0.381 e. The highest BCUT2D eigenvalue weighted by Crippen LogP contribution is 2.39. The highest BCUT2D eigenvalue weighted by molar-refractivity contribution is 5.90. The number of benzene rings is 1. The van der Waals surface area contributed by atoms with Crippen LogP contribution in [0.2, 0.25) is 0 Å². The molecule has 1 aliphatic carbocycles. The van der Waals surface area contributed by atoms with E-state index in [1.165, 1.54) is 18.4 Å². The summed E-state index contributed by atoms with van der Waals surface area (Å²) in [6.07, 6.45) is 6.19. The Bertz CT molecular complexity index is 428. The second-order valence-corrected chi connectivity index (χ2v) is 5.97. The zero-order valence-corrected chi connectivity index (χ0v) is 11.4. The number of hydrogen-bond donors (Lipinski definition) is 0. The summed E-state index contributed by atoms with van der Waals surface area (Å²) in [5.74, 6) is 1.27. The minimum absolute atomic E-state index is 0.269. The molecule has 102 valence electrons. The highest BCUT2D eigenvalue weighted by atomic mass is 16.5. The van der Waals surface area contributed by atoms with E-state index in [9.17, 15) is 4.79 Å². The number of rotatable bonds is 5. The van der Waals surface area contributed by atoms with Crippen molar-refractivity contribution in [2.75, 3.05) is 13.2 Å². The van der Waals surface area contributed by atoms with E-state index < -0.39 is 0 Å². The van der Waals surface area contributed by atoms with Crippen LogP contribution in [0.1, 0.15) is 44.1 Å². The first kappa shape index (κ1) is 12.9. The Morgan fingerprint density at radius 2 is 1.84 bits per heavy atom. The molecular formula is C17H22O2. The first-order valence-corrected chi connectivity index (χ1v) is 7.48. The minimum atomic E-state index is -0.269. The van der Waals surface area contributed by atoms with Crippen molar-refractivity contribution < 1.29 is 9.53 Å². The predicted octanol–water partition coefficient (Wildman–Crippen LogP) is 3.49. The van der Waals surface area contributed by atoms with Crippen molar-refractivity contribution in [3.63, 3.8) is 0 Å². The van der Waals surface area contributed by atoms with E-state index in [-0.39, 0.29) is 5.41 Å². The Morgan fingerprint density at radius 3 is 2.47 bits per heavy atom. The Hall–Kier alpha value is -1.15. The van der Waals surface area contributed by atoms with E-state index in [1.54, 1.807) is 0 Å². The number of Topliss-reactive ketones (excluding diaryl/α,β-unsaturated/α-hetero) is 1. The lowest BCUT2D eigenvalue weighted by molar-refractivity contribution is -0.128. The maximum absolute atomic E-state index is 12.8. The van der Waals surface area contributed by atoms with Crippen molar-refractivity contribution in [2.45, 2.75) is 43.9 Å². The third kappa shape index (κ3) is 2.74. The summed E-state index contributed by atoms with van der Waals surface area (Å²) in [6.45, 7) is 1.42. The van der Waals surface area contributed by atoms with Gasteiger partial charge in [-0.1, -0.05) is 43.2 Å². The van der Waals surface area contributed by atoms with Crippen LogP contribution in [0, 0.1) is 5.92 Å². The zero-order chi connectivity index (χ0) is 13.1. The molecule has 0 spiro atoms. The molecule has 3 rings (SSSR count). The van der Waals surface area contributed by atoms with Gasteiger partial charge in [-0.3, -0.25) is 4.79 Å². The lowest BCUT2D eigenvalue weighted by Gasteiger charge is -2.36. The van der Waals surface area contributed by atoms with Crippen LogP contribution in [0.5, 0.6) is 0 Å². The second kappa shape index (κ2) is 5.46. The van der Waals surface area contributed by atoms with Crippen molar-refractivity contribution in [3.05, 3.63) is 35.9 Å². The number of hydrogen-bond acceptors (Lipinski definition) is 2. The smallest absolute Gasteiger partial charge is 0.143 e. The predicted molar refractivity (Wildman–Crippen MR) is 75.1 cm³/mol. The van der Waals surface area contributed by atoms with Crippen LogP contribution in [0.15, 0.2) is 30.3 Å². The quantitative estimate of drug-likeness (QED) is 0.808. The van der Waals surface area contributed by atoms with E-state index in [0.29, 0.717) is 19.0 Å². The second-order valence-electron chi connectivity index (χ2n) is 5.97. The van der Waals surface area contributed by atoms with Gasteiger partial charge in [0.25, 0.3) is 0 Å². The third-order valence-electron chi connectivity index (χ3n) is 4.68. The molecule has 0 bridgehead atoms. The van der Waals surface area contributed by atoms with E-state index >= 15 is 0 Å². The van der Waals surface area contributed by atoms with Crippen molar-refractivity contribution in [1.29, 1.82) is 0 Å². The molecule has 0 unspecified atom stereocenters. The van der Waals surface area contributed by atoms with Crippen LogP contribution in [-0.4, -0.2) is 19.0 Å². The summed E-state index contributed by atoms with van der Waals surface area (Å²) < 4.78 is 5.48. The molecule has 0 amide bonds. The number of carbonyl (C=O) groups excluding carboxylic acids is 1. The molecule has 0 N–H and O–H groups in total. The Balaban J connectivity index is 1.80. The zero-order valence-electron chi connectivity index (χ0n) is 11.4. The summed E-state index contributed by atoms with van der Waals surface area (Å²) in [7, 11) is 0. The Kier molecular flexibility index (Phi) is 3.69.